The highest BCUT2D eigenvalue weighted by Gasteiger charge is 2.13. The van der Waals surface area contributed by atoms with E-state index in [1.807, 2.05) is 37.4 Å². The summed E-state index contributed by atoms with van der Waals surface area (Å²) in [4.78, 5) is 22.1. The normalized spacial score (nSPS) is 12.3. The largest absolute Gasteiger partial charge is 0.469 e. The van der Waals surface area contributed by atoms with Crippen molar-refractivity contribution in [3.8, 4) is 0 Å². The van der Waals surface area contributed by atoms with Crippen molar-refractivity contribution in [1.82, 2.24) is 4.57 Å². The summed E-state index contributed by atoms with van der Waals surface area (Å²) >= 11 is 0. The number of methoxy groups -OCH3 is 1. The van der Waals surface area contributed by atoms with E-state index >= 15 is 0 Å². The average Bonchev–Trinajstić information content (AvgIpc) is 2.77. The van der Waals surface area contributed by atoms with Crippen LogP contribution in [0.15, 0.2) is 30.5 Å². The lowest BCUT2D eigenvalue weighted by molar-refractivity contribution is -0.139. The molecular weight excluding hydrogens is 254 g/mol. The Bertz CT molecular complexity index is 615. The molecule has 1 atom stereocenters. The molecule has 1 aromatic carbocycles. The number of para-hydroxylation sites is 1. The number of rotatable bonds is 6. The summed E-state index contributed by atoms with van der Waals surface area (Å²) < 4.78 is 6.85. The van der Waals surface area contributed by atoms with Gasteiger partial charge in [0.1, 0.15) is 6.29 Å². The molecule has 0 N–H and O–H groups in total. The van der Waals surface area contributed by atoms with Gasteiger partial charge in [-0.05, 0) is 17.5 Å². The molecule has 0 radical (unpaired) electrons. The van der Waals surface area contributed by atoms with E-state index in [9.17, 15) is 9.59 Å². The first-order valence-corrected chi connectivity index (χ1v) is 6.73. The van der Waals surface area contributed by atoms with E-state index in [-0.39, 0.29) is 18.3 Å². The minimum absolute atomic E-state index is 0.242. The van der Waals surface area contributed by atoms with Gasteiger partial charge in [0.25, 0.3) is 0 Å². The Morgan fingerprint density at radius 2 is 2.15 bits per heavy atom. The number of nitrogens with zero attached hydrogens (tertiary/aromatic N) is 1. The first-order chi connectivity index (χ1) is 9.65. The predicted molar refractivity (Wildman–Crippen MR) is 77.5 cm³/mol. The molecule has 0 amide bonds. The third kappa shape index (κ3) is 3.07. The molecule has 0 bridgehead atoms. The van der Waals surface area contributed by atoms with E-state index in [0.717, 1.165) is 29.3 Å². The smallest absolute Gasteiger partial charge is 0.310 e. The van der Waals surface area contributed by atoms with Crippen molar-refractivity contribution in [2.24, 2.45) is 5.92 Å². The summed E-state index contributed by atoms with van der Waals surface area (Å²) in [6.07, 6.45) is 3.75. The molecule has 4 heteroatoms. The van der Waals surface area contributed by atoms with Crippen molar-refractivity contribution in [3.05, 3.63) is 36.0 Å². The van der Waals surface area contributed by atoms with Gasteiger partial charge in [0.15, 0.2) is 0 Å². The summed E-state index contributed by atoms with van der Waals surface area (Å²) in [5.41, 5.74) is 2.05. The fraction of sp³-hybridized carbons (Fsp3) is 0.375. The molecule has 0 saturated carbocycles. The Labute approximate surface area is 118 Å². The number of aldehydes is 1. The van der Waals surface area contributed by atoms with E-state index in [1.54, 1.807) is 0 Å². The van der Waals surface area contributed by atoms with Crippen molar-refractivity contribution in [3.63, 3.8) is 0 Å². The maximum Gasteiger partial charge on any atom is 0.310 e. The Morgan fingerprint density at radius 1 is 1.40 bits per heavy atom. The Morgan fingerprint density at radius 3 is 2.85 bits per heavy atom. The van der Waals surface area contributed by atoms with E-state index < -0.39 is 0 Å². The molecule has 4 nitrogen and oxygen atoms in total. The number of fused-ring (bicyclic) bond motifs is 1. The second kappa shape index (κ2) is 6.37. The first-order valence-electron chi connectivity index (χ1n) is 6.73. The number of hydrogen-bond donors (Lipinski definition) is 0. The molecule has 1 unspecified atom stereocenters. The molecule has 106 valence electrons. The molecule has 0 aliphatic carbocycles. The van der Waals surface area contributed by atoms with Crippen LogP contribution in [0, 0.1) is 5.92 Å². The lowest BCUT2D eigenvalue weighted by Gasteiger charge is -2.10. The lowest BCUT2D eigenvalue weighted by atomic mass is 10.1. The number of hydrogen-bond acceptors (Lipinski definition) is 3. The third-order valence-corrected chi connectivity index (χ3v) is 3.44. The van der Waals surface area contributed by atoms with E-state index in [0.29, 0.717) is 6.42 Å². The first kappa shape index (κ1) is 14.3. The Balaban J connectivity index is 2.35. The Kier molecular flexibility index (Phi) is 4.56. The highest BCUT2D eigenvalue weighted by atomic mass is 16.5. The van der Waals surface area contributed by atoms with Crippen molar-refractivity contribution in [2.45, 2.75) is 26.3 Å². The van der Waals surface area contributed by atoms with Crippen LogP contribution in [0.1, 0.15) is 18.9 Å². The summed E-state index contributed by atoms with van der Waals surface area (Å²) in [6, 6.07) is 7.98. The van der Waals surface area contributed by atoms with Gasteiger partial charge in [-0.1, -0.05) is 25.1 Å². The molecule has 1 aromatic heterocycles. The highest BCUT2D eigenvalue weighted by molar-refractivity contribution is 5.87. The van der Waals surface area contributed by atoms with Crippen LogP contribution in [-0.2, 0) is 27.3 Å². The quantitative estimate of drug-likeness (QED) is 0.600. The topological polar surface area (TPSA) is 48.3 Å². The highest BCUT2D eigenvalue weighted by Crippen LogP contribution is 2.23. The maximum absolute atomic E-state index is 11.5. The van der Waals surface area contributed by atoms with Gasteiger partial charge in [-0.25, -0.2) is 0 Å². The lowest BCUT2D eigenvalue weighted by Crippen LogP contribution is -2.07. The molecule has 0 saturated heterocycles. The molecule has 0 aliphatic rings. The number of aromatic nitrogens is 1. The van der Waals surface area contributed by atoms with Gasteiger partial charge in [-0.15, -0.1) is 0 Å². The standard InChI is InChI=1S/C16H19NO3/c1-12(7-8-18)10-17-11-13(9-16(19)20-2)14-5-3-4-6-15(14)17/h3-6,8,11-12H,7,9-10H2,1-2H3. The molecule has 2 aromatic rings. The summed E-state index contributed by atoms with van der Waals surface area (Å²) in [5.74, 6) is 0.0307. The fourth-order valence-electron chi connectivity index (χ4n) is 2.42. The number of carbonyl (C=O) groups excluding carboxylic acids is 2. The van der Waals surface area contributed by atoms with Crippen LogP contribution in [0.2, 0.25) is 0 Å². The second-order valence-corrected chi connectivity index (χ2v) is 5.08. The molecular formula is C16H19NO3. The SMILES string of the molecule is COC(=O)Cc1cn(CC(C)CC=O)c2ccccc12. The van der Waals surface area contributed by atoms with Crippen molar-refractivity contribution in [1.29, 1.82) is 0 Å². The summed E-state index contributed by atoms with van der Waals surface area (Å²) in [6.45, 7) is 2.81. The van der Waals surface area contributed by atoms with Crippen LogP contribution in [0.5, 0.6) is 0 Å². The van der Waals surface area contributed by atoms with Crippen LogP contribution in [0.25, 0.3) is 10.9 Å². The molecule has 1 heterocycles. The van der Waals surface area contributed by atoms with Crippen LogP contribution < -0.4 is 0 Å². The van der Waals surface area contributed by atoms with E-state index in [1.165, 1.54) is 7.11 Å². The van der Waals surface area contributed by atoms with Crippen molar-refractivity contribution in [2.75, 3.05) is 7.11 Å². The van der Waals surface area contributed by atoms with Gasteiger partial charge < -0.3 is 14.1 Å². The van der Waals surface area contributed by atoms with Crippen LogP contribution in [0.3, 0.4) is 0 Å². The molecule has 0 fully saturated rings. The minimum atomic E-state index is -0.242. The maximum atomic E-state index is 11.5. The predicted octanol–water partition coefficient (Wildman–Crippen LogP) is 2.58. The zero-order valence-electron chi connectivity index (χ0n) is 11.8. The molecule has 0 aliphatic heterocycles. The number of esters is 1. The van der Waals surface area contributed by atoms with E-state index in [4.69, 9.17) is 4.74 Å². The van der Waals surface area contributed by atoms with Crippen LogP contribution in [-0.4, -0.2) is 23.9 Å². The van der Waals surface area contributed by atoms with Gasteiger partial charge in [0, 0.05) is 30.1 Å². The summed E-state index contributed by atoms with van der Waals surface area (Å²) in [7, 11) is 1.40. The number of carbonyl (C=O) groups is 2. The van der Waals surface area contributed by atoms with Crippen molar-refractivity contribution >= 4 is 23.2 Å². The van der Waals surface area contributed by atoms with Gasteiger partial charge in [-0.2, -0.15) is 0 Å². The second-order valence-electron chi connectivity index (χ2n) is 5.08. The van der Waals surface area contributed by atoms with Gasteiger partial charge >= 0.3 is 5.97 Å². The third-order valence-electron chi connectivity index (χ3n) is 3.44. The van der Waals surface area contributed by atoms with Gasteiger partial charge in [0.2, 0.25) is 0 Å². The van der Waals surface area contributed by atoms with Crippen LogP contribution in [0.4, 0.5) is 0 Å². The fourth-order valence-corrected chi connectivity index (χ4v) is 2.42. The number of benzene rings is 1. The minimum Gasteiger partial charge on any atom is -0.469 e. The average molecular weight is 273 g/mol. The zero-order chi connectivity index (χ0) is 14.5. The van der Waals surface area contributed by atoms with Gasteiger partial charge in [0.05, 0.1) is 13.5 Å². The molecule has 20 heavy (non-hydrogen) atoms. The summed E-state index contributed by atoms with van der Waals surface area (Å²) in [5, 5.41) is 1.07. The zero-order valence-corrected chi connectivity index (χ0v) is 11.8. The molecule has 0 spiro atoms. The van der Waals surface area contributed by atoms with E-state index in [2.05, 4.69) is 4.57 Å². The van der Waals surface area contributed by atoms with Crippen molar-refractivity contribution < 1.29 is 14.3 Å². The molecule has 2 rings (SSSR count). The van der Waals surface area contributed by atoms with Gasteiger partial charge in [-0.3, -0.25) is 4.79 Å². The van der Waals surface area contributed by atoms with Crippen LogP contribution >= 0.6 is 0 Å². The Hall–Kier alpha value is -2.10. The monoisotopic (exact) mass is 273 g/mol. The number of ether oxygens (including phenoxy) is 1.